The Hall–Kier alpha value is -0.820. The molecule has 2 saturated heterocycles. The van der Waals surface area contributed by atoms with Gasteiger partial charge >= 0.3 is 12.0 Å². The van der Waals surface area contributed by atoms with Crippen molar-refractivity contribution in [2.75, 3.05) is 18.1 Å². The van der Waals surface area contributed by atoms with E-state index in [2.05, 4.69) is 26.6 Å². The first-order chi connectivity index (χ1) is 12.6. The van der Waals surface area contributed by atoms with E-state index in [1.54, 1.807) is 13.8 Å². The van der Waals surface area contributed by atoms with Crippen molar-refractivity contribution in [3.8, 4) is 0 Å². The minimum atomic E-state index is -1.00. The number of nitrogens with one attached hydrogen (secondary N) is 5. The Balaban J connectivity index is 1.71. The highest BCUT2D eigenvalue weighted by Gasteiger charge is 2.43. The second-order valence-electron chi connectivity index (χ2n) is 6.66. The molecule has 13 heteroatoms. The molecule has 3 atom stereocenters. The molecule has 2 heterocycles. The van der Waals surface area contributed by atoms with Crippen LogP contribution in [0.15, 0.2) is 0 Å². The molecule has 0 saturated carbocycles. The molecule has 0 spiro atoms. The number of alkyl halides is 2. The SMILES string of the molecule is CC1(C)NC(=O)N(CCCSCC(NC2NC(Cl)NC(Cl)N2)C(=O)O)C1=O. The highest BCUT2D eigenvalue weighted by molar-refractivity contribution is 7.99. The summed E-state index contributed by atoms with van der Waals surface area (Å²) < 4.78 is 0. The van der Waals surface area contributed by atoms with E-state index >= 15 is 0 Å². The topological polar surface area (TPSA) is 135 Å². The number of urea groups is 1. The number of rotatable bonds is 9. The summed E-state index contributed by atoms with van der Waals surface area (Å²) >= 11 is 13.2. The van der Waals surface area contributed by atoms with Crippen molar-refractivity contribution in [3.05, 3.63) is 0 Å². The molecule has 154 valence electrons. The molecular weight excluding hydrogens is 419 g/mol. The number of aliphatic carboxylic acids is 1. The lowest BCUT2D eigenvalue weighted by Crippen LogP contribution is -2.70. The van der Waals surface area contributed by atoms with Crippen LogP contribution in [0.25, 0.3) is 0 Å². The van der Waals surface area contributed by atoms with Crippen molar-refractivity contribution in [2.45, 2.75) is 49.4 Å². The Bertz CT molecular complexity index is 574. The summed E-state index contributed by atoms with van der Waals surface area (Å²) in [6.45, 7) is 3.61. The van der Waals surface area contributed by atoms with Gasteiger partial charge in [-0.1, -0.05) is 23.2 Å². The van der Waals surface area contributed by atoms with E-state index in [4.69, 9.17) is 23.2 Å². The lowest BCUT2D eigenvalue weighted by Gasteiger charge is -2.35. The molecule has 0 bridgehead atoms. The summed E-state index contributed by atoms with van der Waals surface area (Å²) in [5.41, 5.74) is -2.07. The highest BCUT2D eigenvalue weighted by atomic mass is 35.5. The van der Waals surface area contributed by atoms with E-state index in [9.17, 15) is 19.5 Å². The normalized spacial score (nSPS) is 28.9. The first-order valence-electron chi connectivity index (χ1n) is 8.37. The predicted molar refractivity (Wildman–Crippen MR) is 103 cm³/mol. The van der Waals surface area contributed by atoms with E-state index in [1.807, 2.05) is 0 Å². The number of hydrogen-bond donors (Lipinski definition) is 6. The van der Waals surface area contributed by atoms with Gasteiger partial charge in [0, 0.05) is 12.3 Å². The Morgan fingerprint density at radius 2 is 1.93 bits per heavy atom. The van der Waals surface area contributed by atoms with Crippen LogP contribution in [0.5, 0.6) is 0 Å². The average molecular weight is 443 g/mol. The molecule has 2 aliphatic heterocycles. The van der Waals surface area contributed by atoms with Gasteiger partial charge in [-0.05, 0) is 26.0 Å². The summed E-state index contributed by atoms with van der Waals surface area (Å²) in [6.07, 6.45) is 0.00922. The zero-order valence-electron chi connectivity index (χ0n) is 14.9. The second-order valence-corrected chi connectivity index (χ2v) is 8.68. The molecule has 3 amide bonds. The zero-order chi connectivity index (χ0) is 20.2. The van der Waals surface area contributed by atoms with Crippen LogP contribution in [0.1, 0.15) is 20.3 Å². The molecule has 27 heavy (non-hydrogen) atoms. The molecular formula is C14H24Cl2N6O4S. The zero-order valence-corrected chi connectivity index (χ0v) is 17.2. The fourth-order valence-electron chi connectivity index (χ4n) is 2.60. The maximum absolute atomic E-state index is 12.1. The molecule has 3 unspecified atom stereocenters. The van der Waals surface area contributed by atoms with E-state index in [1.165, 1.54) is 16.7 Å². The van der Waals surface area contributed by atoms with Crippen molar-refractivity contribution >= 4 is 52.9 Å². The van der Waals surface area contributed by atoms with Crippen LogP contribution in [0.4, 0.5) is 4.79 Å². The smallest absolute Gasteiger partial charge is 0.325 e. The van der Waals surface area contributed by atoms with E-state index in [-0.39, 0.29) is 5.91 Å². The summed E-state index contributed by atoms with van der Waals surface area (Å²) in [5.74, 6) is -0.352. The number of halogens is 2. The lowest BCUT2D eigenvalue weighted by atomic mass is 10.1. The fraction of sp³-hybridized carbons (Fsp3) is 0.786. The van der Waals surface area contributed by atoms with E-state index < -0.39 is 41.1 Å². The number of nitrogens with zero attached hydrogens (tertiary/aromatic N) is 1. The van der Waals surface area contributed by atoms with Gasteiger partial charge in [-0.25, -0.2) is 4.79 Å². The van der Waals surface area contributed by atoms with Gasteiger partial charge < -0.3 is 10.4 Å². The standard InChI is InChI=1S/C14H24Cl2N6O4S/c1-14(2)9(25)22(13(26)21-14)4-3-5-27-6-7(8(23)24)17-12-19-10(15)18-11(16)20-12/h7,10-12,17-20H,3-6H2,1-2H3,(H,21,26)(H,23,24). The van der Waals surface area contributed by atoms with Crippen molar-refractivity contribution in [1.82, 2.24) is 31.5 Å². The molecule has 2 aliphatic rings. The van der Waals surface area contributed by atoms with Gasteiger partial charge in [-0.3, -0.25) is 35.8 Å². The van der Waals surface area contributed by atoms with Crippen molar-refractivity contribution in [1.29, 1.82) is 0 Å². The van der Waals surface area contributed by atoms with Crippen molar-refractivity contribution < 1.29 is 19.5 Å². The summed E-state index contributed by atoms with van der Waals surface area (Å²) in [6, 6.07) is -1.23. The third-order valence-corrected chi connectivity index (χ3v) is 5.63. The molecule has 2 fully saturated rings. The third-order valence-electron chi connectivity index (χ3n) is 3.98. The van der Waals surface area contributed by atoms with Gasteiger partial charge in [0.2, 0.25) is 0 Å². The molecule has 0 aromatic carbocycles. The van der Waals surface area contributed by atoms with E-state index in [0.29, 0.717) is 24.5 Å². The number of hydrogen-bond acceptors (Lipinski definition) is 8. The second kappa shape index (κ2) is 9.59. The highest BCUT2D eigenvalue weighted by Crippen LogP contribution is 2.17. The van der Waals surface area contributed by atoms with Crippen molar-refractivity contribution in [3.63, 3.8) is 0 Å². The van der Waals surface area contributed by atoms with Gasteiger partial charge in [0.05, 0.1) is 0 Å². The Morgan fingerprint density at radius 3 is 2.44 bits per heavy atom. The first kappa shape index (κ1) is 22.5. The number of thioether (sulfide) groups is 1. The van der Waals surface area contributed by atoms with Crippen LogP contribution in [-0.4, -0.2) is 75.1 Å². The summed E-state index contributed by atoms with van der Waals surface area (Å²) in [4.78, 5) is 36.5. The molecule has 0 radical (unpaired) electrons. The number of carboxylic acids is 1. The quantitative estimate of drug-likeness (QED) is 0.122. The van der Waals surface area contributed by atoms with Crippen LogP contribution >= 0.6 is 35.0 Å². The monoisotopic (exact) mass is 442 g/mol. The Kier molecular flexibility index (Phi) is 7.98. The van der Waals surface area contributed by atoms with Crippen LogP contribution in [0.3, 0.4) is 0 Å². The molecule has 10 nitrogen and oxygen atoms in total. The first-order valence-corrected chi connectivity index (χ1v) is 10.4. The van der Waals surface area contributed by atoms with Gasteiger partial charge in [0.1, 0.15) is 29.1 Å². The molecule has 0 aromatic heterocycles. The Labute approximate surface area is 171 Å². The maximum Gasteiger partial charge on any atom is 0.325 e. The maximum atomic E-state index is 12.1. The van der Waals surface area contributed by atoms with Crippen LogP contribution < -0.4 is 26.6 Å². The number of imide groups is 1. The van der Waals surface area contributed by atoms with E-state index in [0.717, 1.165) is 0 Å². The third kappa shape index (κ3) is 6.34. The predicted octanol–water partition coefficient (Wildman–Crippen LogP) is -0.406. The van der Waals surface area contributed by atoms with Crippen LogP contribution in [0, 0.1) is 0 Å². The molecule has 6 N–H and O–H groups in total. The van der Waals surface area contributed by atoms with Gasteiger partial charge in [-0.2, -0.15) is 11.8 Å². The minimum absolute atomic E-state index is 0.253. The lowest BCUT2D eigenvalue weighted by molar-refractivity contribution is -0.139. The van der Waals surface area contributed by atoms with Gasteiger partial charge in [0.15, 0.2) is 0 Å². The molecule has 2 rings (SSSR count). The molecule has 0 aliphatic carbocycles. The fourth-order valence-corrected chi connectivity index (χ4v) is 4.14. The average Bonchev–Trinajstić information content (AvgIpc) is 2.73. The van der Waals surface area contributed by atoms with Crippen LogP contribution in [-0.2, 0) is 9.59 Å². The summed E-state index contributed by atoms with van der Waals surface area (Å²) in [7, 11) is 0. The largest absolute Gasteiger partial charge is 0.480 e. The van der Waals surface area contributed by atoms with Gasteiger partial charge in [0.25, 0.3) is 5.91 Å². The minimum Gasteiger partial charge on any atom is -0.480 e. The number of amides is 3. The Morgan fingerprint density at radius 1 is 1.30 bits per heavy atom. The number of carbonyl (C=O) groups excluding carboxylic acids is 2. The summed E-state index contributed by atoms with van der Waals surface area (Å²) in [5, 5.41) is 23.4. The van der Waals surface area contributed by atoms with Gasteiger partial charge in [-0.15, -0.1) is 0 Å². The van der Waals surface area contributed by atoms with Crippen molar-refractivity contribution in [2.24, 2.45) is 0 Å². The number of carbonyl (C=O) groups is 3. The molecule has 0 aromatic rings. The number of carboxylic acid groups (broad SMARTS) is 1. The van der Waals surface area contributed by atoms with Crippen LogP contribution in [0.2, 0.25) is 0 Å².